The Labute approximate surface area is 211 Å². The largest absolute Gasteiger partial charge is 0.397 e. The SMILES string of the molecule is Cl.Nc1cccc(CNC(=O)c2ccc(Cl)s2)c1NC(=O)c1ccc(N2CCOCC2=O)cc1. The quantitative estimate of drug-likeness (QED) is 0.425. The third-order valence-corrected chi connectivity index (χ3v) is 6.31. The normalized spacial score (nSPS) is 13.2. The van der Waals surface area contributed by atoms with Crippen molar-refractivity contribution in [2.45, 2.75) is 6.54 Å². The maximum absolute atomic E-state index is 12.9. The van der Waals surface area contributed by atoms with Gasteiger partial charge in [0.2, 0.25) is 0 Å². The van der Waals surface area contributed by atoms with Crippen LogP contribution in [0.4, 0.5) is 17.1 Å². The molecule has 0 bridgehead atoms. The van der Waals surface area contributed by atoms with Crippen molar-refractivity contribution in [2.75, 3.05) is 35.7 Å². The zero-order chi connectivity index (χ0) is 23.4. The zero-order valence-corrected chi connectivity index (χ0v) is 20.3. The lowest BCUT2D eigenvalue weighted by Crippen LogP contribution is -2.41. The topological polar surface area (TPSA) is 114 Å². The molecule has 1 aliphatic rings. The number of hydrogen-bond donors (Lipinski definition) is 3. The van der Waals surface area contributed by atoms with E-state index >= 15 is 0 Å². The van der Waals surface area contributed by atoms with E-state index in [4.69, 9.17) is 22.1 Å². The van der Waals surface area contributed by atoms with Crippen molar-refractivity contribution >= 4 is 70.1 Å². The van der Waals surface area contributed by atoms with Gasteiger partial charge in [0.25, 0.3) is 17.7 Å². The van der Waals surface area contributed by atoms with Gasteiger partial charge in [-0.25, -0.2) is 0 Å². The number of rotatable bonds is 6. The fourth-order valence-electron chi connectivity index (χ4n) is 3.39. The molecule has 1 saturated heterocycles. The van der Waals surface area contributed by atoms with E-state index in [1.807, 2.05) is 0 Å². The summed E-state index contributed by atoms with van der Waals surface area (Å²) in [6.07, 6.45) is 0. The number of nitrogens with two attached hydrogens (primary N) is 1. The Bertz CT molecular complexity index is 1200. The van der Waals surface area contributed by atoms with Crippen molar-refractivity contribution in [2.24, 2.45) is 0 Å². The highest BCUT2D eigenvalue weighted by Crippen LogP contribution is 2.26. The number of ether oxygens (including phenoxy) is 1. The third-order valence-electron chi connectivity index (χ3n) is 5.08. The first-order valence-corrected chi connectivity index (χ1v) is 11.3. The lowest BCUT2D eigenvalue weighted by molar-refractivity contribution is -0.125. The number of thiophene rings is 1. The molecule has 2 heterocycles. The summed E-state index contributed by atoms with van der Waals surface area (Å²) in [5.74, 6) is -0.739. The van der Waals surface area contributed by atoms with E-state index in [0.717, 1.165) is 0 Å². The minimum absolute atomic E-state index is 0. The molecule has 1 aliphatic heterocycles. The Kier molecular flexibility index (Phi) is 8.51. The van der Waals surface area contributed by atoms with Crippen molar-refractivity contribution < 1.29 is 19.1 Å². The molecule has 0 saturated carbocycles. The Morgan fingerprint density at radius 2 is 1.85 bits per heavy atom. The van der Waals surface area contributed by atoms with Crippen LogP contribution in [0.1, 0.15) is 25.6 Å². The summed E-state index contributed by atoms with van der Waals surface area (Å²) in [6, 6.07) is 15.3. The molecule has 1 aromatic heterocycles. The predicted octanol–water partition coefficient (Wildman–Crippen LogP) is 3.95. The highest BCUT2D eigenvalue weighted by molar-refractivity contribution is 7.18. The lowest BCUT2D eigenvalue weighted by Gasteiger charge is -2.26. The summed E-state index contributed by atoms with van der Waals surface area (Å²) in [4.78, 5) is 39.3. The molecule has 0 unspecified atom stereocenters. The molecular formula is C23H22Cl2N4O4S. The van der Waals surface area contributed by atoms with E-state index in [1.165, 1.54) is 11.3 Å². The summed E-state index contributed by atoms with van der Waals surface area (Å²) in [7, 11) is 0. The van der Waals surface area contributed by atoms with Gasteiger partial charge in [-0.15, -0.1) is 23.7 Å². The van der Waals surface area contributed by atoms with Crippen molar-refractivity contribution in [3.8, 4) is 0 Å². The molecule has 178 valence electrons. The standard InChI is InChI=1S/C23H21ClN4O4S.ClH/c24-19-9-8-18(33-19)23(31)26-12-15-2-1-3-17(25)21(15)27-22(30)14-4-6-16(7-5-14)28-10-11-32-13-20(28)29;/h1-9H,10-13,25H2,(H,26,31)(H,27,30);1H. The first-order valence-electron chi connectivity index (χ1n) is 10.1. The molecule has 2 aromatic carbocycles. The highest BCUT2D eigenvalue weighted by Gasteiger charge is 2.20. The number of anilines is 3. The summed E-state index contributed by atoms with van der Waals surface area (Å²) >= 11 is 7.08. The van der Waals surface area contributed by atoms with Crippen LogP contribution in [0.25, 0.3) is 0 Å². The van der Waals surface area contributed by atoms with Gasteiger partial charge in [-0.05, 0) is 48.0 Å². The van der Waals surface area contributed by atoms with Gasteiger partial charge in [0.05, 0.1) is 27.2 Å². The van der Waals surface area contributed by atoms with Gasteiger partial charge in [-0.2, -0.15) is 0 Å². The van der Waals surface area contributed by atoms with Crippen LogP contribution in [-0.4, -0.2) is 37.5 Å². The minimum atomic E-state index is -0.356. The number of carbonyl (C=O) groups excluding carboxylic acids is 3. The smallest absolute Gasteiger partial charge is 0.261 e. The van der Waals surface area contributed by atoms with E-state index in [1.54, 1.807) is 59.5 Å². The Morgan fingerprint density at radius 1 is 1.09 bits per heavy atom. The number of nitrogen functional groups attached to an aromatic ring is 1. The molecule has 0 atom stereocenters. The Hall–Kier alpha value is -3.11. The van der Waals surface area contributed by atoms with E-state index < -0.39 is 0 Å². The summed E-state index contributed by atoms with van der Waals surface area (Å²) in [5.41, 5.74) is 8.69. The van der Waals surface area contributed by atoms with E-state index in [2.05, 4.69) is 10.6 Å². The van der Waals surface area contributed by atoms with Gasteiger partial charge in [-0.3, -0.25) is 14.4 Å². The molecule has 3 amide bonds. The van der Waals surface area contributed by atoms with Crippen LogP contribution in [-0.2, 0) is 16.1 Å². The number of amides is 3. The van der Waals surface area contributed by atoms with Crippen LogP contribution in [0.3, 0.4) is 0 Å². The van der Waals surface area contributed by atoms with Gasteiger partial charge < -0.3 is 26.0 Å². The minimum Gasteiger partial charge on any atom is -0.397 e. The molecule has 0 radical (unpaired) electrons. The summed E-state index contributed by atoms with van der Waals surface area (Å²) < 4.78 is 5.68. The van der Waals surface area contributed by atoms with Gasteiger partial charge in [0.1, 0.15) is 6.61 Å². The average molecular weight is 521 g/mol. The van der Waals surface area contributed by atoms with E-state index in [0.29, 0.717) is 50.6 Å². The molecular weight excluding hydrogens is 499 g/mol. The maximum Gasteiger partial charge on any atom is 0.261 e. The first kappa shape index (κ1) is 25.5. The monoisotopic (exact) mass is 520 g/mol. The molecule has 0 aliphatic carbocycles. The van der Waals surface area contributed by atoms with Crippen molar-refractivity contribution in [1.82, 2.24) is 5.32 Å². The number of halogens is 2. The first-order chi connectivity index (χ1) is 15.9. The second-order valence-corrected chi connectivity index (χ2v) is 8.98. The van der Waals surface area contributed by atoms with Crippen LogP contribution >= 0.6 is 35.3 Å². The zero-order valence-electron chi connectivity index (χ0n) is 17.9. The highest BCUT2D eigenvalue weighted by atomic mass is 35.5. The van der Waals surface area contributed by atoms with Gasteiger partial charge in [0, 0.05) is 24.3 Å². The van der Waals surface area contributed by atoms with Crippen LogP contribution < -0.4 is 21.3 Å². The molecule has 0 spiro atoms. The number of morpholine rings is 1. The molecule has 8 nitrogen and oxygen atoms in total. The van der Waals surface area contributed by atoms with Crippen LogP contribution in [0.5, 0.6) is 0 Å². The number of carbonyl (C=O) groups is 3. The van der Waals surface area contributed by atoms with Crippen molar-refractivity contribution in [3.63, 3.8) is 0 Å². The molecule has 34 heavy (non-hydrogen) atoms. The number of hydrogen-bond acceptors (Lipinski definition) is 6. The van der Waals surface area contributed by atoms with E-state index in [9.17, 15) is 14.4 Å². The average Bonchev–Trinajstić information content (AvgIpc) is 3.26. The van der Waals surface area contributed by atoms with Crippen molar-refractivity contribution in [3.05, 3.63) is 74.9 Å². The van der Waals surface area contributed by atoms with Crippen molar-refractivity contribution in [1.29, 1.82) is 0 Å². The number of nitrogens with one attached hydrogen (secondary N) is 2. The molecule has 3 aromatic rings. The molecule has 1 fully saturated rings. The fraction of sp³-hybridized carbons (Fsp3) is 0.174. The Morgan fingerprint density at radius 3 is 2.53 bits per heavy atom. The summed E-state index contributed by atoms with van der Waals surface area (Å²) in [5, 5.41) is 5.65. The number of para-hydroxylation sites is 1. The van der Waals surface area contributed by atoms with Crippen LogP contribution in [0.2, 0.25) is 4.34 Å². The third kappa shape index (κ3) is 5.87. The molecule has 11 heteroatoms. The van der Waals surface area contributed by atoms with Gasteiger partial charge >= 0.3 is 0 Å². The van der Waals surface area contributed by atoms with Gasteiger partial charge in [0.15, 0.2) is 0 Å². The number of benzene rings is 2. The second kappa shape index (κ2) is 11.3. The Balaban J connectivity index is 0.00000324. The fourth-order valence-corrected chi connectivity index (χ4v) is 4.35. The second-order valence-electron chi connectivity index (χ2n) is 7.27. The van der Waals surface area contributed by atoms with Crippen LogP contribution in [0, 0.1) is 0 Å². The van der Waals surface area contributed by atoms with E-state index in [-0.39, 0.29) is 43.3 Å². The van der Waals surface area contributed by atoms with Gasteiger partial charge in [-0.1, -0.05) is 23.7 Å². The lowest BCUT2D eigenvalue weighted by atomic mass is 10.1. The molecule has 4 rings (SSSR count). The molecule has 4 N–H and O–H groups in total. The predicted molar refractivity (Wildman–Crippen MR) is 136 cm³/mol. The van der Waals surface area contributed by atoms with Crippen LogP contribution in [0.15, 0.2) is 54.6 Å². The maximum atomic E-state index is 12.9. The number of nitrogens with zero attached hydrogens (tertiary/aromatic N) is 1. The summed E-state index contributed by atoms with van der Waals surface area (Å²) in [6.45, 7) is 1.17.